The van der Waals surface area contributed by atoms with E-state index in [0.29, 0.717) is 12.2 Å². The van der Waals surface area contributed by atoms with Gasteiger partial charge in [-0.3, -0.25) is 0 Å². The van der Waals surface area contributed by atoms with Crippen molar-refractivity contribution in [2.24, 2.45) is 5.84 Å². The van der Waals surface area contributed by atoms with Crippen LogP contribution in [0.25, 0.3) is 10.9 Å². The normalized spacial score (nSPS) is 10.7. The van der Waals surface area contributed by atoms with Gasteiger partial charge in [0.25, 0.3) is 0 Å². The van der Waals surface area contributed by atoms with E-state index in [9.17, 15) is 4.39 Å². The number of hydrogen-bond acceptors (Lipinski definition) is 3. The predicted octanol–water partition coefficient (Wildman–Crippen LogP) is 3.25. The third kappa shape index (κ3) is 2.46. The summed E-state index contributed by atoms with van der Waals surface area (Å²) in [5.41, 5.74) is 5.43. The maximum absolute atomic E-state index is 13.3. The first-order valence-corrected chi connectivity index (χ1v) is 6.36. The molecule has 0 fully saturated rings. The van der Waals surface area contributed by atoms with Crippen molar-refractivity contribution in [1.82, 2.24) is 4.98 Å². The molecule has 0 amide bonds. The Balaban J connectivity index is 2.08. The lowest BCUT2D eigenvalue weighted by molar-refractivity contribution is 0.629. The second-order valence-corrected chi connectivity index (χ2v) is 4.64. The number of hydrazine groups is 1. The minimum Gasteiger partial charge on any atom is -0.308 e. The molecule has 0 aliphatic rings. The summed E-state index contributed by atoms with van der Waals surface area (Å²) in [5.74, 6) is 5.89. The van der Waals surface area contributed by atoms with E-state index < -0.39 is 0 Å². The van der Waals surface area contributed by atoms with Crippen LogP contribution in [0.15, 0.2) is 54.6 Å². The van der Waals surface area contributed by atoms with Gasteiger partial charge in [-0.25, -0.2) is 15.2 Å². The van der Waals surface area contributed by atoms with E-state index in [4.69, 9.17) is 5.84 Å². The second kappa shape index (κ2) is 5.27. The molecule has 0 bridgehead atoms. The Morgan fingerprint density at radius 3 is 2.60 bits per heavy atom. The molecule has 3 rings (SSSR count). The molecule has 0 radical (unpaired) electrons. The highest BCUT2D eigenvalue weighted by molar-refractivity contribution is 5.81. The molecule has 100 valence electrons. The topological polar surface area (TPSA) is 50.9 Å². The number of rotatable bonds is 3. The van der Waals surface area contributed by atoms with Gasteiger partial charge in [-0.1, -0.05) is 30.3 Å². The third-order valence-corrected chi connectivity index (χ3v) is 3.23. The highest BCUT2D eigenvalue weighted by Gasteiger charge is 2.07. The molecule has 1 heterocycles. The van der Waals surface area contributed by atoms with Crippen LogP contribution in [-0.4, -0.2) is 4.98 Å². The third-order valence-electron chi connectivity index (χ3n) is 3.23. The molecule has 2 aromatic carbocycles. The molecule has 3 nitrogen and oxygen atoms in total. The van der Waals surface area contributed by atoms with Gasteiger partial charge >= 0.3 is 0 Å². The molecule has 20 heavy (non-hydrogen) atoms. The Labute approximate surface area is 116 Å². The summed E-state index contributed by atoms with van der Waals surface area (Å²) >= 11 is 0. The monoisotopic (exact) mass is 267 g/mol. The van der Waals surface area contributed by atoms with Crippen molar-refractivity contribution < 1.29 is 4.39 Å². The highest BCUT2D eigenvalue weighted by atomic mass is 19.1. The van der Waals surface area contributed by atoms with Crippen molar-refractivity contribution in [1.29, 1.82) is 0 Å². The van der Waals surface area contributed by atoms with Crippen LogP contribution in [0, 0.1) is 5.82 Å². The fourth-order valence-corrected chi connectivity index (χ4v) is 2.27. The lowest BCUT2D eigenvalue weighted by Gasteiger charge is -2.10. The highest BCUT2D eigenvalue weighted by Crippen LogP contribution is 2.23. The average molecular weight is 267 g/mol. The number of halogens is 1. The van der Waals surface area contributed by atoms with Crippen molar-refractivity contribution in [2.45, 2.75) is 6.42 Å². The SMILES string of the molecule is NNc1nc2ccc(F)cc2cc1Cc1ccccc1. The number of nitrogens with one attached hydrogen (secondary N) is 1. The van der Waals surface area contributed by atoms with Gasteiger partial charge in [0.05, 0.1) is 5.52 Å². The number of hydrogen-bond donors (Lipinski definition) is 2. The van der Waals surface area contributed by atoms with Crippen molar-refractivity contribution >= 4 is 16.7 Å². The number of aromatic nitrogens is 1. The van der Waals surface area contributed by atoms with Crippen molar-refractivity contribution in [2.75, 3.05) is 5.43 Å². The Morgan fingerprint density at radius 2 is 1.85 bits per heavy atom. The van der Waals surface area contributed by atoms with Gasteiger partial charge in [-0.2, -0.15) is 0 Å². The van der Waals surface area contributed by atoms with E-state index in [1.807, 2.05) is 36.4 Å². The standard InChI is InChI=1S/C16H14FN3/c17-14-6-7-15-12(10-14)9-13(16(19-15)20-18)8-11-4-2-1-3-5-11/h1-7,9-10H,8,18H2,(H,19,20). The van der Waals surface area contributed by atoms with Crippen LogP contribution in [0.5, 0.6) is 0 Å². The van der Waals surface area contributed by atoms with Gasteiger partial charge in [0, 0.05) is 17.4 Å². The molecule has 0 saturated carbocycles. The number of nitrogen functional groups attached to an aromatic ring is 1. The largest absolute Gasteiger partial charge is 0.308 e. The molecule has 3 N–H and O–H groups in total. The Morgan fingerprint density at radius 1 is 1.05 bits per heavy atom. The van der Waals surface area contributed by atoms with Crippen LogP contribution >= 0.6 is 0 Å². The Bertz CT molecular complexity index is 741. The smallest absolute Gasteiger partial charge is 0.144 e. The molecule has 0 atom stereocenters. The molecular weight excluding hydrogens is 253 g/mol. The first-order valence-electron chi connectivity index (χ1n) is 6.36. The van der Waals surface area contributed by atoms with E-state index in [1.54, 1.807) is 6.07 Å². The van der Waals surface area contributed by atoms with Crippen LogP contribution in [0.1, 0.15) is 11.1 Å². The van der Waals surface area contributed by atoms with E-state index >= 15 is 0 Å². The van der Waals surface area contributed by atoms with Gasteiger partial charge in [-0.15, -0.1) is 0 Å². The minimum atomic E-state index is -0.265. The molecular formula is C16H14FN3. The molecule has 0 aliphatic heterocycles. The van der Waals surface area contributed by atoms with Crippen molar-refractivity contribution in [3.63, 3.8) is 0 Å². The van der Waals surface area contributed by atoms with Crippen molar-refractivity contribution in [3.05, 3.63) is 71.5 Å². The number of fused-ring (bicyclic) bond motifs is 1. The molecule has 1 aromatic heterocycles. The zero-order valence-corrected chi connectivity index (χ0v) is 10.8. The van der Waals surface area contributed by atoms with Crippen LogP contribution in [0.4, 0.5) is 10.2 Å². The summed E-state index contributed by atoms with van der Waals surface area (Å²) in [5, 5.41) is 0.773. The van der Waals surface area contributed by atoms with E-state index in [1.165, 1.54) is 12.1 Å². The van der Waals surface area contributed by atoms with Crippen LogP contribution in [0.2, 0.25) is 0 Å². The molecule has 0 aliphatic carbocycles. The molecule has 0 spiro atoms. The average Bonchev–Trinajstić information content (AvgIpc) is 2.47. The first kappa shape index (κ1) is 12.6. The summed E-state index contributed by atoms with van der Waals surface area (Å²) in [7, 11) is 0. The van der Waals surface area contributed by atoms with Gasteiger partial charge in [0.15, 0.2) is 0 Å². The van der Waals surface area contributed by atoms with Gasteiger partial charge in [-0.05, 0) is 29.8 Å². The van der Waals surface area contributed by atoms with E-state index in [0.717, 1.165) is 22.0 Å². The number of nitrogens with two attached hydrogens (primary N) is 1. The molecule has 0 unspecified atom stereocenters. The number of nitrogens with zero attached hydrogens (tertiary/aromatic N) is 1. The number of pyridine rings is 1. The van der Waals surface area contributed by atoms with E-state index in [-0.39, 0.29) is 5.82 Å². The van der Waals surface area contributed by atoms with Gasteiger partial charge in [0.1, 0.15) is 11.6 Å². The zero-order chi connectivity index (χ0) is 13.9. The fraction of sp³-hybridized carbons (Fsp3) is 0.0625. The quantitative estimate of drug-likeness (QED) is 0.565. The maximum Gasteiger partial charge on any atom is 0.144 e. The number of anilines is 1. The first-order chi connectivity index (χ1) is 9.76. The van der Waals surface area contributed by atoms with E-state index in [2.05, 4.69) is 10.4 Å². The second-order valence-electron chi connectivity index (χ2n) is 4.64. The van der Waals surface area contributed by atoms with Crippen LogP contribution in [0.3, 0.4) is 0 Å². The lowest BCUT2D eigenvalue weighted by atomic mass is 10.0. The predicted molar refractivity (Wildman–Crippen MR) is 78.8 cm³/mol. The minimum absolute atomic E-state index is 0.265. The number of benzene rings is 2. The lowest BCUT2D eigenvalue weighted by Crippen LogP contribution is -2.11. The van der Waals surface area contributed by atoms with Gasteiger partial charge < -0.3 is 5.43 Å². The molecule has 4 heteroatoms. The summed E-state index contributed by atoms with van der Waals surface area (Å²) in [6.45, 7) is 0. The Hall–Kier alpha value is -2.46. The van der Waals surface area contributed by atoms with Crippen LogP contribution in [-0.2, 0) is 6.42 Å². The summed E-state index contributed by atoms with van der Waals surface area (Å²) in [4.78, 5) is 4.43. The summed E-state index contributed by atoms with van der Waals surface area (Å²) in [6, 6.07) is 16.5. The summed E-state index contributed by atoms with van der Waals surface area (Å²) < 4.78 is 13.3. The van der Waals surface area contributed by atoms with Crippen molar-refractivity contribution in [3.8, 4) is 0 Å². The molecule has 3 aromatic rings. The fourth-order valence-electron chi connectivity index (χ4n) is 2.27. The zero-order valence-electron chi connectivity index (χ0n) is 10.8. The molecule has 0 saturated heterocycles. The maximum atomic E-state index is 13.3. The van der Waals surface area contributed by atoms with Gasteiger partial charge in [0.2, 0.25) is 0 Å². The summed E-state index contributed by atoms with van der Waals surface area (Å²) in [6.07, 6.45) is 0.694. The van der Waals surface area contributed by atoms with Crippen LogP contribution < -0.4 is 11.3 Å². The Kier molecular flexibility index (Phi) is 3.31.